The largest absolute Gasteiger partial charge is 0.326 e. The summed E-state index contributed by atoms with van der Waals surface area (Å²) in [5, 5.41) is 3.77. The third-order valence-corrected chi connectivity index (χ3v) is 1.36. The normalized spacial score (nSPS) is 9.36. The molecular formula is C6H11ClFN3. The Bertz CT molecular complexity index is 202. The second-order valence-electron chi connectivity index (χ2n) is 1.98. The molecule has 64 valence electrons. The smallest absolute Gasteiger partial charge is 0.215 e. The van der Waals surface area contributed by atoms with Crippen LogP contribution in [0.5, 0.6) is 0 Å². The van der Waals surface area contributed by atoms with Gasteiger partial charge in [0.25, 0.3) is 0 Å². The molecule has 0 aliphatic carbocycles. The van der Waals surface area contributed by atoms with Crippen LogP contribution < -0.4 is 5.73 Å². The molecule has 0 saturated heterocycles. The average Bonchev–Trinajstić information content (AvgIpc) is 2.30. The van der Waals surface area contributed by atoms with Crippen molar-refractivity contribution in [3.63, 3.8) is 0 Å². The van der Waals surface area contributed by atoms with Crippen molar-refractivity contribution >= 4 is 12.4 Å². The third kappa shape index (κ3) is 1.91. The lowest BCUT2D eigenvalue weighted by atomic mass is 10.4. The molecule has 0 spiro atoms. The molecule has 0 amide bonds. The van der Waals surface area contributed by atoms with Gasteiger partial charge in [0.1, 0.15) is 0 Å². The molecule has 0 aliphatic rings. The van der Waals surface area contributed by atoms with Crippen LogP contribution in [0.25, 0.3) is 0 Å². The molecule has 11 heavy (non-hydrogen) atoms. The Morgan fingerprint density at radius 1 is 1.73 bits per heavy atom. The lowest BCUT2D eigenvalue weighted by Gasteiger charge is -1.94. The minimum atomic E-state index is -0.315. The van der Waals surface area contributed by atoms with Crippen molar-refractivity contribution in [2.24, 2.45) is 5.73 Å². The molecule has 0 bridgehead atoms. The first-order chi connectivity index (χ1) is 4.79. The van der Waals surface area contributed by atoms with Crippen LogP contribution >= 0.6 is 12.4 Å². The van der Waals surface area contributed by atoms with Gasteiger partial charge in [0.15, 0.2) is 0 Å². The molecule has 1 rings (SSSR count). The van der Waals surface area contributed by atoms with E-state index in [1.165, 1.54) is 10.9 Å². The second-order valence-corrected chi connectivity index (χ2v) is 1.98. The first-order valence-corrected chi connectivity index (χ1v) is 3.19. The highest BCUT2D eigenvalue weighted by molar-refractivity contribution is 5.85. The van der Waals surface area contributed by atoms with Crippen LogP contribution in [0.15, 0.2) is 6.20 Å². The molecule has 0 aromatic carbocycles. The zero-order valence-corrected chi connectivity index (χ0v) is 7.07. The Morgan fingerprint density at radius 2 is 2.36 bits per heavy atom. The summed E-state index contributed by atoms with van der Waals surface area (Å²) in [6.07, 6.45) is 1.46. The van der Waals surface area contributed by atoms with Crippen molar-refractivity contribution in [1.29, 1.82) is 0 Å². The van der Waals surface area contributed by atoms with Gasteiger partial charge in [-0.15, -0.1) is 12.4 Å². The number of halogens is 2. The summed E-state index contributed by atoms with van der Waals surface area (Å²) in [4.78, 5) is 0. The van der Waals surface area contributed by atoms with Gasteiger partial charge in [0.2, 0.25) is 5.95 Å². The van der Waals surface area contributed by atoms with Crippen molar-refractivity contribution in [1.82, 2.24) is 9.78 Å². The lowest BCUT2D eigenvalue weighted by Crippen LogP contribution is -2.03. The SMILES string of the molecule is CCn1ncc(CN)c1F.Cl. The quantitative estimate of drug-likeness (QED) is 0.734. The Hall–Kier alpha value is -0.610. The van der Waals surface area contributed by atoms with Gasteiger partial charge in [-0.2, -0.15) is 9.49 Å². The number of hydrogen-bond donors (Lipinski definition) is 1. The third-order valence-electron chi connectivity index (χ3n) is 1.36. The maximum atomic E-state index is 12.9. The highest BCUT2D eigenvalue weighted by atomic mass is 35.5. The Labute approximate surface area is 70.8 Å². The van der Waals surface area contributed by atoms with Gasteiger partial charge in [0.05, 0.1) is 6.20 Å². The highest BCUT2D eigenvalue weighted by Gasteiger charge is 2.05. The molecule has 0 atom stereocenters. The number of aryl methyl sites for hydroxylation is 1. The second kappa shape index (κ2) is 4.31. The molecule has 5 heteroatoms. The molecule has 0 aliphatic heterocycles. The number of rotatable bonds is 2. The van der Waals surface area contributed by atoms with Gasteiger partial charge in [-0.3, -0.25) is 0 Å². The van der Waals surface area contributed by atoms with E-state index in [0.29, 0.717) is 12.1 Å². The maximum Gasteiger partial charge on any atom is 0.215 e. The molecule has 3 nitrogen and oxygen atoms in total. The standard InChI is InChI=1S/C6H10FN3.ClH/c1-2-10-6(7)5(3-8)4-9-10;/h4H,2-3,8H2,1H3;1H. The van der Waals surface area contributed by atoms with Gasteiger partial charge in [-0.1, -0.05) is 0 Å². The number of nitrogens with two attached hydrogens (primary N) is 1. The molecule has 0 radical (unpaired) electrons. The summed E-state index contributed by atoms with van der Waals surface area (Å²) in [6.45, 7) is 2.59. The van der Waals surface area contributed by atoms with E-state index in [1.807, 2.05) is 6.92 Å². The predicted molar refractivity (Wildman–Crippen MR) is 43.0 cm³/mol. The van der Waals surface area contributed by atoms with Crippen molar-refractivity contribution in [3.8, 4) is 0 Å². The number of aromatic nitrogens is 2. The summed E-state index contributed by atoms with van der Waals surface area (Å²) in [5.74, 6) is -0.315. The zero-order valence-electron chi connectivity index (χ0n) is 6.25. The van der Waals surface area contributed by atoms with Crippen molar-refractivity contribution in [2.45, 2.75) is 20.0 Å². The molecule has 1 aromatic rings. The lowest BCUT2D eigenvalue weighted by molar-refractivity contribution is 0.464. The molecule has 1 heterocycles. The molecule has 1 aromatic heterocycles. The van der Waals surface area contributed by atoms with Crippen molar-refractivity contribution < 1.29 is 4.39 Å². The number of nitrogens with zero attached hydrogens (tertiary/aromatic N) is 2. The topological polar surface area (TPSA) is 43.8 Å². The van der Waals surface area contributed by atoms with E-state index in [9.17, 15) is 4.39 Å². The minimum Gasteiger partial charge on any atom is -0.326 e. The number of hydrogen-bond acceptors (Lipinski definition) is 2. The highest BCUT2D eigenvalue weighted by Crippen LogP contribution is 2.03. The minimum absolute atomic E-state index is 0. The van der Waals surface area contributed by atoms with Crippen LogP contribution in [0.3, 0.4) is 0 Å². The van der Waals surface area contributed by atoms with Gasteiger partial charge < -0.3 is 5.73 Å². The van der Waals surface area contributed by atoms with Crippen LogP contribution in [0.2, 0.25) is 0 Å². The van der Waals surface area contributed by atoms with Gasteiger partial charge in [0, 0.05) is 18.7 Å². The van der Waals surface area contributed by atoms with Crippen LogP contribution in [-0.4, -0.2) is 9.78 Å². The van der Waals surface area contributed by atoms with Crippen molar-refractivity contribution in [2.75, 3.05) is 0 Å². The van der Waals surface area contributed by atoms with E-state index < -0.39 is 0 Å². The van der Waals surface area contributed by atoms with Gasteiger partial charge in [-0.25, -0.2) is 4.68 Å². The van der Waals surface area contributed by atoms with E-state index in [4.69, 9.17) is 5.73 Å². The van der Waals surface area contributed by atoms with E-state index in [0.717, 1.165) is 0 Å². The van der Waals surface area contributed by atoms with Crippen LogP contribution in [0.4, 0.5) is 4.39 Å². The van der Waals surface area contributed by atoms with Crippen LogP contribution in [-0.2, 0) is 13.1 Å². The van der Waals surface area contributed by atoms with Crippen molar-refractivity contribution in [3.05, 3.63) is 17.7 Å². The first-order valence-electron chi connectivity index (χ1n) is 3.19. The summed E-state index contributed by atoms with van der Waals surface area (Å²) in [6, 6.07) is 0. The van der Waals surface area contributed by atoms with E-state index in [1.54, 1.807) is 0 Å². The molecule has 2 N–H and O–H groups in total. The monoisotopic (exact) mass is 179 g/mol. The Kier molecular flexibility index (Phi) is 4.07. The van der Waals surface area contributed by atoms with E-state index in [2.05, 4.69) is 5.10 Å². The molecule has 0 saturated carbocycles. The fraction of sp³-hybridized carbons (Fsp3) is 0.500. The summed E-state index contributed by atoms with van der Waals surface area (Å²) >= 11 is 0. The summed E-state index contributed by atoms with van der Waals surface area (Å²) < 4.78 is 14.1. The average molecular weight is 180 g/mol. The van der Waals surface area contributed by atoms with Gasteiger partial charge >= 0.3 is 0 Å². The van der Waals surface area contributed by atoms with Crippen LogP contribution in [0, 0.1) is 5.95 Å². The van der Waals surface area contributed by atoms with Crippen LogP contribution in [0.1, 0.15) is 12.5 Å². The predicted octanol–water partition coefficient (Wildman–Crippen LogP) is 0.923. The summed E-state index contributed by atoms with van der Waals surface area (Å²) in [7, 11) is 0. The first kappa shape index (κ1) is 10.4. The van der Waals surface area contributed by atoms with Gasteiger partial charge in [-0.05, 0) is 6.92 Å². The fourth-order valence-electron chi connectivity index (χ4n) is 0.766. The molecule has 0 fully saturated rings. The van der Waals surface area contributed by atoms with E-state index in [-0.39, 0.29) is 24.9 Å². The Balaban J connectivity index is 0.000001000. The fourth-order valence-corrected chi connectivity index (χ4v) is 0.766. The molecular weight excluding hydrogens is 169 g/mol. The zero-order chi connectivity index (χ0) is 7.56. The molecule has 0 unspecified atom stereocenters. The summed E-state index contributed by atoms with van der Waals surface area (Å²) in [5.41, 5.74) is 5.70. The Morgan fingerprint density at radius 3 is 2.64 bits per heavy atom. The van der Waals surface area contributed by atoms with E-state index >= 15 is 0 Å². The maximum absolute atomic E-state index is 12.9.